The lowest BCUT2D eigenvalue weighted by atomic mass is 9.69. The number of anilines is 9. The summed E-state index contributed by atoms with van der Waals surface area (Å²) in [6.45, 7) is 4.70. The second-order valence-electron chi connectivity index (χ2n) is 38.4. The molecule has 0 bridgehead atoms. The fraction of sp³-hybridized carbons (Fsp3) is 0.0370. The molecule has 8 nitrogen and oxygen atoms in total. The van der Waals surface area contributed by atoms with Crippen LogP contribution in [0.25, 0.3) is 133 Å². The SMILES string of the molecule is CC1(C)c2ccccc2-c2ccc(N(c3ccc(-c4ccccc4)cc3)c3ccc4c(c3)Oc3c(oc5ccc(N(c6ccc(-c7ccccc7)cc6)c6ccc7oc8ccccc8c7c6)cc35)C43c4ccccc4-c4ccccc43)cc21.c1ccc(-c2cccc(N(c3cc(-c4ccccc4)cc(-c4ccccc4)c3)c3ccc4oc5c(c4c3)Oc3ccccc3C53c4ccccc4-c4ccccc43)c2)cc1. The zero-order valence-corrected chi connectivity index (χ0v) is 78.3. The molecule has 0 radical (unpaired) electrons. The van der Waals surface area contributed by atoms with Gasteiger partial charge in [-0.2, -0.15) is 0 Å². The van der Waals surface area contributed by atoms with E-state index in [9.17, 15) is 0 Å². The van der Waals surface area contributed by atoms with E-state index in [2.05, 4.69) is 520 Å². The van der Waals surface area contributed by atoms with Gasteiger partial charge < -0.3 is 37.4 Å². The Bertz CT molecular complexity index is 9050. The zero-order chi connectivity index (χ0) is 94.6. The number of rotatable bonds is 14. The van der Waals surface area contributed by atoms with Gasteiger partial charge in [0, 0.05) is 84.6 Å². The maximum Gasteiger partial charge on any atom is 0.178 e. The van der Waals surface area contributed by atoms with Crippen LogP contribution in [-0.2, 0) is 16.2 Å². The van der Waals surface area contributed by atoms with Crippen LogP contribution < -0.4 is 24.2 Å². The first-order valence-corrected chi connectivity index (χ1v) is 49.0. The maximum absolute atomic E-state index is 7.59. The van der Waals surface area contributed by atoms with Crippen molar-refractivity contribution in [2.75, 3.05) is 14.7 Å². The second kappa shape index (κ2) is 32.9. The Labute approximate surface area is 828 Å². The van der Waals surface area contributed by atoms with E-state index < -0.39 is 10.8 Å². The van der Waals surface area contributed by atoms with E-state index in [0.717, 1.165) is 191 Å². The largest absolute Gasteiger partial charge is 0.456 e. The molecule has 21 aromatic carbocycles. The van der Waals surface area contributed by atoms with Crippen LogP contribution in [0, 0.1) is 0 Å². The minimum atomic E-state index is -0.848. The molecule has 8 heteroatoms. The first kappa shape index (κ1) is 82.7. The highest BCUT2D eigenvalue weighted by molar-refractivity contribution is 6.08. The molecule has 3 aliphatic carbocycles. The number of para-hydroxylation sites is 2. The van der Waals surface area contributed by atoms with Gasteiger partial charge in [0.25, 0.3) is 0 Å². The Morgan fingerprint density at radius 2 is 0.483 bits per heavy atom. The Morgan fingerprint density at radius 3 is 0.979 bits per heavy atom. The third-order valence-electron chi connectivity index (χ3n) is 30.2. The van der Waals surface area contributed by atoms with E-state index in [0.29, 0.717) is 5.75 Å². The first-order chi connectivity index (χ1) is 70.6. The van der Waals surface area contributed by atoms with Gasteiger partial charge in [-0.15, -0.1) is 0 Å². The van der Waals surface area contributed by atoms with Gasteiger partial charge in [-0.25, -0.2) is 0 Å². The fourth-order valence-electron chi connectivity index (χ4n) is 23.7. The normalized spacial score (nSPS) is 13.4. The molecule has 0 saturated carbocycles. The molecule has 143 heavy (non-hydrogen) atoms. The molecule has 0 atom stereocenters. The van der Waals surface area contributed by atoms with Crippen molar-refractivity contribution in [1.82, 2.24) is 0 Å². The predicted octanol–water partition coefficient (Wildman–Crippen LogP) is 36.8. The summed E-state index contributed by atoms with van der Waals surface area (Å²) in [4.78, 5) is 7.09. The number of hydrogen-bond acceptors (Lipinski definition) is 8. The predicted molar refractivity (Wildman–Crippen MR) is 583 cm³/mol. The molecule has 5 aliphatic rings. The van der Waals surface area contributed by atoms with Gasteiger partial charge in [0.05, 0.1) is 10.8 Å². The highest BCUT2D eigenvalue weighted by atomic mass is 16.5. The molecular formula is C135H89N3O5. The van der Waals surface area contributed by atoms with E-state index in [4.69, 9.17) is 22.7 Å². The summed E-state index contributed by atoms with van der Waals surface area (Å²) in [6.07, 6.45) is 0. The molecule has 2 spiro atoms. The molecular weight excluding hydrogens is 1740 g/mol. The number of hydrogen-bond donors (Lipinski definition) is 0. The van der Waals surface area contributed by atoms with Crippen LogP contribution in [0.5, 0.6) is 23.0 Å². The maximum atomic E-state index is 7.59. The summed E-state index contributed by atoms with van der Waals surface area (Å²) < 4.78 is 35.5. The minimum Gasteiger partial charge on any atom is -0.456 e. The lowest BCUT2D eigenvalue weighted by Gasteiger charge is -2.37. The molecule has 674 valence electrons. The van der Waals surface area contributed by atoms with Crippen LogP contribution in [0.2, 0.25) is 0 Å². The summed E-state index contributed by atoms with van der Waals surface area (Å²) in [5, 5.41) is 3.93. The molecule has 0 amide bonds. The van der Waals surface area contributed by atoms with Crippen molar-refractivity contribution in [3.8, 4) is 112 Å². The third kappa shape index (κ3) is 13.1. The topological polar surface area (TPSA) is 67.6 Å². The number of nitrogens with zero attached hydrogens (tertiary/aromatic N) is 3. The molecule has 5 heterocycles. The summed E-state index contributed by atoms with van der Waals surface area (Å²) >= 11 is 0. The number of benzene rings is 21. The summed E-state index contributed by atoms with van der Waals surface area (Å²) in [5.74, 6) is 4.62. The molecule has 0 unspecified atom stereocenters. The minimum absolute atomic E-state index is 0.196. The Hall–Kier alpha value is -18.5. The van der Waals surface area contributed by atoms with Gasteiger partial charge in [-0.1, -0.05) is 372 Å². The average Bonchev–Trinajstić information content (AvgIpc) is 1.59. The standard InChI is InChI=1S/C78H52N2O3.C57H37NO2/c1-77(2)66-25-13-9-21-59(66)62-41-37-57(47-70(62)77)80(54-35-31-52(32-36-54)50-19-7-4-8-20-50)58-38-42-69-74(48-58)82-75-65-46-56(40-44-73(65)83-76(75)78(69)67-26-14-10-22-60(67)61-23-11-15-27-68(61)78)79(53-33-29-51(30-34-53)49-17-5-3-6-18-49)55-39-43-72-64(45-55)63-24-12-16-28-71(63)81-72;1-4-17-38(18-5-1)41-23-16-24-44(34-41)58(46-35-42(39-19-6-2-7-20-39)33-43(36-46)40-21-8-3-9-22-40)45-31-32-53-49(37-45)55-56(60-53)57(52-29-14-15-30-54(52)59-55)50-27-12-10-25-47(50)48-26-11-13-28-51(48)57/h3-48H,1-2H3;1-37H. The smallest absolute Gasteiger partial charge is 0.178 e. The third-order valence-corrected chi connectivity index (χ3v) is 30.2. The molecule has 0 saturated heterocycles. The molecule has 29 rings (SSSR count). The van der Waals surface area contributed by atoms with E-state index in [1.54, 1.807) is 0 Å². The lowest BCUT2D eigenvalue weighted by Crippen LogP contribution is -2.31. The van der Waals surface area contributed by atoms with Gasteiger partial charge in [0.15, 0.2) is 23.0 Å². The van der Waals surface area contributed by atoms with Crippen LogP contribution in [0.4, 0.5) is 51.2 Å². The van der Waals surface area contributed by atoms with Gasteiger partial charge in [-0.05, 0) is 262 Å². The highest BCUT2D eigenvalue weighted by Crippen LogP contribution is 2.67. The first-order valence-electron chi connectivity index (χ1n) is 49.0. The average molecular weight is 1830 g/mol. The van der Waals surface area contributed by atoms with Crippen molar-refractivity contribution in [2.24, 2.45) is 0 Å². The van der Waals surface area contributed by atoms with Gasteiger partial charge in [-0.3, -0.25) is 0 Å². The number of ether oxygens (including phenoxy) is 2. The van der Waals surface area contributed by atoms with Crippen LogP contribution in [-0.4, -0.2) is 0 Å². The van der Waals surface area contributed by atoms with Crippen molar-refractivity contribution in [3.05, 3.63) is 560 Å². The van der Waals surface area contributed by atoms with Crippen molar-refractivity contribution in [1.29, 1.82) is 0 Å². The van der Waals surface area contributed by atoms with Crippen molar-refractivity contribution < 1.29 is 22.7 Å². The monoisotopic (exact) mass is 1830 g/mol. The Balaban J connectivity index is 0.000000147. The van der Waals surface area contributed by atoms with Gasteiger partial charge >= 0.3 is 0 Å². The number of furan rings is 3. The van der Waals surface area contributed by atoms with E-state index in [-0.39, 0.29) is 5.41 Å². The summed E-state index contributed by atoms with van der Waals surface area (Å²) in [7, 11) is 0. The highest BCUT2D eigenvalue weighted by Gasteiger charge is 2.57. The van der Waals surface area contributed by atoms with Crippen molar-refractivity contribution >= 4 is 95.1 Å². The molecule has 24 aromatic rings. The lowest BCUT2D eigenvalue weighted by molar-refractivity contribution is 0.389. The Morgan fingerprint density at radius 1 is 0.168 bits per heavy atom. The van der Waals surface area contributed by atoms with Gasteiger partial charge in [0.1, 0.15) is 44.7 Å². The van der Waals surface area contributed by atoms with E-state index in [1.807, 2.05) is 12.1 Å². The summed E-state index contributed by atoms with van der Waals surface area (Å²) in [6, 6.07) is 181. The van der Waals surface area contributed by atoms with Crippen molar-refractivity contribution in [2.45, 2.75) is 30.1 Å². The van der Waals surface area contributed by atoms with Crippen LogP contribution in [0.1, 0.15) is 69.9 Å². The van der Waals surface area contributed by atoms with Gasteiger partial charge in [0.2, 0.25) is 0 Å². The molecule has 0 fully saturated rings. The van der Waals surface area contributed by atoms with E-state index in [1.165, 1.54) is 66.8 Å². The van der Waals surface area contributed by atoms with Crippen LogP contribution >= 0.6 is 0 Å². The summed E-state index contributed by atoms with van der Waals surface area (Å²) in [5.41, 5.74) is 39.0. The van der Waals surface area contributed by atoms with Crippen LogP contribution in [0.3, 0.4) is 0 Å². The molecule has 0 N–H and O–H groups in total. The quantitative estimate of drug-likeness (QED) is 0.107. The number of fused-ring (bicyclic) bond motifs is 28. The Kier molecular flexibility index (Phi) is 19.0. The fourth-order valence-corrected chi connectivity index (χ4v) is 23.7. The van der Waals surface area contributed by atoms with E-state index >= 15 is 0 Å². The zero-order valence-electron chi connectivity index (χ0n) is 78.3. The second-order valence-corrected chi connectivity index (χ2v) is 38.4. The van der Waals surface area contributed by atoms with Crippen LogP contribution in [0.15, 0.2) is 517 Å². The molecule has 3 aromatic heterocycles. The molecule has 2 aliphatic heterocycles. The van der Waals surface area contributed by atoms with Crippen molar-refractivity contribution in [3.63, 3.8) is 0 Å².